The molecule has 3 aromatic carbocycles. The number of hydrogen-bond donors (Lipinski definition) is 3. The number of nitrogens with two attached hydrogens (primary N) is 1. The van der Waals surface area contributed by atoms with Crippen molar-refractivity contribution in [1.29, 1.82) is 0 Å². The van der Waals surface area contributed by atoms with Crippen molar-refractivity contribution in [3.05, 3.63) is 74.6 Å². The van der Waals surface area contributed by atoms with Crippen LogP contribution in [-0.2, 0) is 0 Å². The van der Waals surface area contributed by atoms with Crippen molar-refractivity contribution in [2.24, 2.45) is 0 Å². The third-order valence-corrected chi connectivity index (χ3v) is 5.38. The van der Waals surface area contributed by atoms with E-state index in [-0.39, 0.29) is 0 Å². The van der Waals surface area contributed by atoms with E-state index in [9.17, 15) is 0 Å². The zero-order chi connectivity index (χ0) is 19.7. The Hall–Kier alpha value is -2.35. The van der Waals surface area contributed by atoms with Gasteiger partial charge in [0.1, 0.15) is 0 Å². The lowest BCUT2D eigenvalue weighted by Gasteiger charge is -2.14. The molecule has 0 aliphatic rings. The number of fused-ring (bicyclic) bond motifs is 1. The molecule has 1 heterocycles. The third kappa shape index (κ3) is 4.22. The van der Waals surface area contributed by atoms with Crippen LogP contribution in [0.5, 0.6) is 0 Å². The van der Waals surface area contributed by atoms with Crippen LogP contribution in [-0.4, -0.2) is 9.97 Å². The molecule has 4 aromatic rings. The van der Waals surface area contributed by atoms with Gasteiger partial charge in [-0.2, -0.15) is 0 Å². The summed E-state index contributed by atoms with van der Waals surface area (Å²) in [7, 11) is 0. The SMILES string of the molecule is Nc1cc2nc(Nc3ccc(Br)cc3)c(Nc3ccc(Br)cc3)nc2cc1Cl. The van der Waals surface area contributed by atoms with E-state index in [1.807, 2.05) is 48.5 Å². The van der Waals surface area contributed by atoms with Gasteiger partial charge in [0, 0.05) is 20.3 Å². The van der Waals surface area contributed by atoms with Crippen molar-refractivity contribution in [2.45, 2.75) is 0 Å². The van der Waals surface area contributed by atoms with Gasteiger partial charge in [-0.3, -0.25) is 0 Å². The van der Waals surface area contributed by atoms with Crippen molar-refractivity contribution in [3.63, 3.8) is 0 Å². The Morgan fingerprint density at radius 3 is 1.61 bits per heavy atom. The van der Waals surface area contributed by atoms with Crippen LogP contribution < -0.4 is 16.4 Å². The van der Waals surface area contributed by atoms with E-state index in [1.54, 1.807) is 12.1 Å². The van der Waals surface area contributed by atoms with Crippen molar-refractivity contribution >= 4 is 83.2 Å². The number of aromatic nitrogens is 2. The van der Waals surface area contributed by atoms with Crippen molar-refractivity contribution in [2.75, 3.05) is 16.4 Å². The summed E-state index contributed by atoms with van der Waals surface area (Å²) in [6, 6.07) is 19.1. The molecular formula is C20H14Br2ClN5. The summed E-state index contributed by atoms with van der Waals surface area (Å²) in [5.74, 6) is 1.16. The number of hydrogen-bond acceptors (Lipinski definition) is 5. The second-order valence-corrected chi connectivity index (χ2v) is 8.29. The number of halogens is 3. The van der Waals surface area contributed by atoms with Gasteiger partial charge in [-0.25, -0.2) is 9.97 Å². The highest BCUT2D eigenvalue weighted by molar-refractivity contribution is 9.10. The molecule has 0 unspecified atom stereocenters. The van der Waals surface area contributed by atoms with Gasteiger partial charge < -0.3 is 16.4 Å². The van der Waals surface area contributed by atoms with E-state index in [4.69, 9.17) is 27.3 Å². The molecule has 28 heavy (non-hydrogen) atoms. The van der Waals surface area contributed by atoms with Crippen LogP contribution in [0.1, 0.15) is 0 Å². The molecule has 0 atom stereocenters. The van der Waals surface area contributed by atoms with E-state index in [2.05, 4.69) is 42.5 Å². The minimum Gasteiger partial charge on any atom is -0.397 e. The maximum atomic E-state index is 6.16. The average Bonchev–Trinajstić information content (AvgIpc) is 2.67. The predicted molar refractivity (Wildman–Crippen MR) is 124 cm³/mol. The molecule has 0 radical (unpaired) electrons. The molecule has 0 saturated carbocycles. The van der Waals surface area contributed by atoms with Gasteiger partial charge in [-0.15, -0.1) is 0 Å². The molecular weight excluding hydrogens is 506 g/mol. The molecule has 8 heteroatoms. The van der Waals surface area contributed by atoms with Gasteiger partial charge in [0.2, 0.25) is 0 Å². The maximum absolute atomic E-state index is 6.16. The quantitative estimate of drug-likeness (QED) is 0.256. The Kier molecular flexibility index (Phi) is 5.39. The van der Waals surface area contributed by atoms with Crippen LogP contribution in [0, 0.1) is 0 Å². The standard InChI is InChI=1S/C20H14Br2ClN5/c21-11-1-5-13(6-2-11)25-19-20(26-14-7-3-12(22)4-8-14)28-18-10-16(24)15(23)9-17(18)27-19/h1-10H,24H2,(H,25,27)(H,26,28). The van der Waals surface area contributed by atoms with Gasteiger partial charge >= 0.3 is 0 Å². The highest BCUT2D eigenvalue weighted by atomic mass is 79.9. The highest BCUT2D eigenvalue weighted by Crippen LogP contribution is 2.31. The number of nitrogen functional groups attached to an aromatic ring is 1. The molecule has 1 aromatic heterocycles. The lowest BCUT2D eigenvalue weighted by Crippen LogP contribution is -2.03. The zero-order valence-electron chi connectivity index (χ0n) is 14.4. The highest BCUT2D eigenvalue weighted by Gasteiger charge is 2.12. The van der Waals surface area contributed by atoms with Crippen molar-refractivity contribution in [1.82, 2.24) is 9.97 Å². The lowest BCUT2D eigenvalue weighted by atomic mass is 10.2. The fraction of sp³-hybridized carbons (Fsp3) is 0. The van der Waals surface area contributed by atoms with Gasteiger partial charge in [-0.1, -0.05) is 43.5 Å². The summed E-state index contributed by atoms with van der Waals surface area (Å²) in [4.78, 5) is 9.42. The first-order valence-corrected chi connectivity index (χ1v) is 10.3. The van der Waals surface area contributed by atoms with Gasteiger partial charge in [0.25, 0.3) is 0 Å². The number of anilines is 5. The van der Waals surface area contributed by atoms with Gasteiger partial charge in [0.15, 0.2) is 11.6 Å². The minimum atomic E-state index is 0.449. The van der Waals surface area contributed by atoms with E-state index >= 15 is 0 Å². The molecule has 0 fully saturated rings. The molecule has 0 spiro atoms. The lowest BCUT2D eigenvalue weighted by molar-refractivity contribution is 1.27. The zero-order valence-corrected chi connectivity index (χ0v) is 18.3. The Balaban J connectivity index is 1.79. The molecule has 0 aliphatic heterocycles. The summed E-state index contributed by atoms with van der Waals surface area (Å²) in [6.07, 6.45) is 0. The normalized spacial score (nSPS) is 10.8. The molecule has 4 rings (SSSR count). The monoisotopic (exact) mass is 517 g/mol. The largest absolute Gasteiger partial charge is 0.397 e. The Morgan fingerprint density at radius 2 is 1.14 bits per heavy atom. The number of nitrogens with zero attached hydrogens (tertiary/aromatic N) is 2. The molecule has 0 aliphatic carbocycles. The van der Waals surface area contributed by atoms with Crippen LogP contribution in [0.4, 0.5) is 28.7 Å². The smallest absolute Gasteiger partial charge is 0.174 e. The number of benzene rings is 3. The van der Waals surface area contributed by atoms with Crippen LogP contribution in [0.3, 0.4) is 0 Å². The fourth-order valence-electron chi connectivity index (χ4n) is 2.61. The van der Waals surface area contributed by atoms with E-state index in [1.165, 1.54) is 0 Å². The number of nitrogens with one attached hydrogen (secondary N) is 2. The first-order chi connectivity index (χ1) is 13.5. The van der Waals surface area contributed by atoms with Gasteiger partial charge in [0.05, 0.1) is 21.7 Å². The van der Waals surface area contributed by atoms with Crippen LogP contribution in [0.25, 0.3) is 11.0 Å². The van der Waals surface area contributed by atoms with E-state index < -0.39 is 0 Å². The van der Waals surface area contributed by atoms with E-state index in [0.717, 1.165) is 20.3 Å². The maximum Gasteiger partial charge on any atom is 0.174 e. The summed E-state index contributed by atoms with van der Waals surface area (Å²) < 4.78 is 2.00. The number of rotatable bonds is 4. The Labute approximate surface area is 183 Å². The van der Waals surface area contributed by atoms with Gasteiger partial charge in [-0.05, 0) is 60.7 Å². The molecule has 4 N–H and O–H groups in total. The molecule has 5 nitrogen and oxygen atoms in total. The summed E-state index contributed by atoms with van der Waals surface area (Å²) >= 11 is 13.1. The Morgan fingerprint density at radius 1 is 0.714 bits per heavy atom. The minimum absolute atomic E-state index is 0.449. The van der Waals surface area contributed by atoms with Crippen LogP contribution in [0.2, 0.25) is 5.02 Å². The average molecular weight is 520 g/mol. The van der Waals surface area contributed by atoms with Crippen molar-refractivity contribution in [3.8, 4) is 0 Å². The first kappa shape index (κ1) is 19.0. The summed E-state index contributed by atoms with van der Waals surface area (Å²) in [5.41, 5.74) is 9.48. The molecule has 0 amide bonds. The molecule has 0 saturated heterocycles. The van der Waals surface area contributed by atoms with Crippen LogP contribution in [0.15, 0.2) is 69.6 Å². The fourth-order valence-corrected chi connectivity index (χ4v) is 3.29. The second-order valence-electron chi connectivity index (χ2n) is 6.05. The second kappa shape index (κ2) is 7.95. The summed E-state index contributed by atoms with van der Waals surface area (Å²) in [5, 5.41) is 7.08. The van der Waals surface area contributed by atoms with Crippen molar-refractivity contribution < 1.29 is 0 Å². The Bertz CT molecular complexity index is 1060. The molecule has 140 valence electrons. The van der Waals surface area contributed by atoms with E-state index in [0.29, 0.717) is 33.4 Å². The first-order valence-electron chi connectivity index (χ1n) is 8.30. The summed E-state index contributed by atoms with van der Waals surface area (Å²) in [6.45, 7) is 0. The van der Waals surface area contributed by atoms with Crippen LogP contribution >= 0.6 is 43.5 Å². The predicted octanol–water partition coefficient (Wildman–Crippen LogP) is 6.88. The third-order valence-electron chi connectivity index (χ3n) is 4.00. The topological polar surface area (TPSA) is 75.9 Å². The molecule has 0 bridgehead atoms.